The lowest BCUT2D eigenvalue weighted by atomic mass is 10.1. The van der Waals surface area contributed by atoms with Crippen LogP contribution in [0.4, 0.5) is 0 Å². The van der Waals surface area contributed by atoms with Crippen LogP contribution in [-0.4, -0.2) is 24.0 Å². The van der Waals surface area contributed by atoms with Crippen molar-refractivity contribution in [3.8, 4) is 0 Å². The summed E-state index contributed by atoms with van der Waals surface area (Å²) in [7, 11) is -3.02. The minimum atomic E-state index is -3.02. The Kier molecular flexibility index (Phi) is 1.75. The van der Waals surface area contributed by atoms with Crippen LogP contribution >= 0.6 is 0 Å². The number of hydrogen-bond acceptors (Lipinski definition) is 2. The third-order valence-electron chi connectivity index (χ3n) is 1.51. The van der Waals surface area contributed by atoms with E-state index in [1.54, 1.807) is 12.3 Å². The van der Waals surface area contributed by atoms with Crippen LogP contribution < -0.4 is 0 Å². The Bertz CT molecular complexity index is 271. The van der Waals surface area contributed by atoms with E-state index in [0.717, 1.165) is 0 Å². The highest BCUT2D eigenvalue weighted by Crippen LogP contribution is 2.22. The van der Waals surface area contributed by atoms with E-state index in [1.165, 1.54) is 4.31 Å². The minimum Gasteiger partial charge on any atom is -0.272 e. The fourth-order valence-corrected chi connectivity index (χ4v) is 2.67. The molecule has 11 heavy (non-hydrogen) atoms. The first-order valence-electron chi connectivity index (χ1n) is 3.53. The highest BCUT2D eigenvalue weighted by atomic mass is 32.2. The molecule has 1 aliphatic rings. The van der Waals surface area contributed by atoms with Crippen LogP contribution in [0, 0.1) is 0 Å². The summed E-state index contributed by atoms with van der Waals surface area (Å²) in [5, 5.41) is 0. The second-order valence-corrected chi connectivity index (χ2v) is 5.52. The average Bonchev–Trinajstić information content (AvgIpc) is 2.06. The van der Waals surface area contributed by atoms with Crippen LogP contribution in [0.2, 0.25) is 0 Å². The lowest BCUT2D eigenvalue weighted by Crippen LogP contribution is -2.39. The van der Waals surface area contributed by atoms with E-state index in [1.807, 2.05) is 20.8 Å². The summed E-state index contributed by atoms with van der Waals surface area (Å²) in [5.41, 5.74) is -0.328. The van der Waals surface area contributed by atoms with Crippen LogP contribution in [0.25, 0.3) is 0 Å². The maximum atomic E-state index is 11.3. The molecule has 1 rings (SSSR count). The van der Waals surface area contributed by atoms with Crippen LogP contribution in [0.1, 0.15) is 20.8 Å². The van der Waals surface area contributed by atoms with E-state index in [0.29, 0.717) is 0 Å². The Morgan fingerprint density at radius 2 is 1.91 bits per heavy atom. The fourth-order valence-electron chi connectivity index (χ4n) is 1.07. The van der Waals surface area contributed by atoms with Crippen molar-refractivity contribution in [2.24, 2.45) is 0 Å². The van der Waals surface area contributed by atoms with Gasteiger partial charge in [-0.25, -0.2) is 8.42 Å². The number of hydrogen-bond donors (Lipinski definition) is 0. The molecule has 0 aromatic heterocycles. The van der Waals surface area contributed by atoms with E-state index in [2.05, 4.69) is 0 Å². The molecule has 0 amide bonds. The standard InChI is InChI=1S/C7H13NO2S/c1-7(2,3)8-5-4-6-11(8,9)10/h4-5H,6H2,1-3H3. The first kappa shape index (κ1) is 8.59. The smallest absolute Gasteiger partial charge is 0.238 e. The molecule has 0 aromatic carbocycles. The molecule has 0 fully saturated rings. The first-order chi connectivity index (χ1) is 4.84. The van der Waals surface area contributed by atoms with E-state index in [-0.39, 0.29) is 11.3 Å². The van der Waals surface area contributed by atoms with Crippen LogP contribution in [0.15, 0.2) is 12.3 Å². The topological polar surface area (TPSA) is 37.4 Å². The van der Waals surface area contributed by atoms with Gasteiger partial charge in [-0.15, -0.1) is 0 Å². The summed E-state index contributed by atoms with van der Waals surface area (Å²) in [5.74, 6) is 0.143. The van der Waals surface area contributed by atoms with Gasteiger partial charge in [0, 0.05) is 11.7 Å². The summed E-state index contributed by atoms with van der Waals surface area (Å²) in [6, 6.07) is 0. The zero-order valence-electron chi connectivity index (χ0n) is 7.03. The van der Waals surface area contributed by atoms with Gasteiger partial charge in [0.2, 0.25) is 10.0 Å². The van der Waals surface area contributed by atoms with E-state index in [9.17, 15) is 8.42 Å². The van der Waals surface area contributed by atoms with Crippen LogP contribution in [0.3, 0.4) is 0 Å². The van der Waals surface area contributed by atoms with Gasteiger partial charge in [-0.05, 0) is 20.8 Å². The second kappa shape index (κ2) is 2.24. The lowest BCUT2D eigenvalue weighted by molar-refractivity contribution is 0.325. The summed E-state index contributed by atoms with van der Waals surface area (Å²) >= 11 is 0. The van der Waals surface area contributed by atoms with Gasteiger partial charge < -0.3 is 0 Å². The second-order valence-electron chi connectivity index (χ2n) is 3.63. The Labute approximate surface area is 67.8 Å². The molecule has 0 aromatic rings. The predicted molar refractivity (Wildman–Crippen MR) is 44.5 cm³/mol. The molecule has 0 saturated carbocycles. The van der Waals surface area contributed by atoms with Crippen molar-refractivity contribution in [3.05, 3.63) is 12.3 Å². The van der Waals surface area contributed by atoms with Gasteiger partial charge in [0.15, 0.2) is 0 Å². The van der Waals surface area contributed by atoms with Crippen molar-refractivity contribution in [1.82, 2.24) is 4.31 Å². The summed E-state index contributed by atoms with van der Waals surface area (Å²) < 4.78 is 23.9. The van der Waals surface area contributed by atoms with Gasteiger partial charge >= 0.3 is 0 Å². The van der Waals surface area contributed by atoms with Crippen molar-refractivity contribution in [3.63, 3.8) is 0 Å². The number of rotatable bonds is 0. The van der Waals surface area contributed by atoms with Crippen molar-refractivity contribution in [1.29, 1.82) is 0 Å². The molecule has 0 bridgehead atoms. The molecular weight excluding hydrogens is 162 g/mol. The van der Waals surface area contributed by atoms with Crippen LogP contribution in [-0.2, 0) is 10.0 Å². The molecule has 64 valence electrons. The number of nitrogens with zero attached hydrogens (tertiary/aromatic N) is 1. The van der Waals surface area contributed by atoms with Crippen LogP contribution in [0.5, 0.6) is 0 Å². The van der Waals surface area contributed by atoms with E-state index in [4.69, 9.17) is 0 Å². The molecule has 0 unspecified atom stereocenters. The first-order valence-corrected chi connectivity index (χ1v) is 5.14. The van der Waals surface area contributed by atoms with Crippen molar-refractivity contribution < 1.29 is 8.42 Å². The Morgan fingerprint density at radius 3 is 2.09 bits per heavy atom. The normalized spacial score (nSPS) is 22.6. The minimum absolute atomic E-state index is 0.143. The zero-order chi connectivity index (χ0) is 8.70. The summed E-state index contributed by atoms with van der Waals surface area (Å²) in [6.45, 7) is 5.63. The molecule has 1 heterocycles. The molecule has 1 aliphatic heterocycles. The molecular formula is C7H13NO2S. The average molecular weight is 175 g/mol. The molecule has 0 atom stereocenters. The highest BCUT2D eigenvalue weighted by molar-refractivity contribution is 7.89. The van der Waals surface area contributed by atoms with Crippen molar-refractivity contribution >= 4 is 10.0 Å². The Hall–Kier alpha value is -0.510. The Morgan fingerprint density at radius 1 is 1.36 bits per heavy atom. The summed E-state index contributed by atoms with van der Waals surface area (Å²) in [6.07, 6.45) is 3.30. The predicted octanol–water partition coefficient (Wildman–Crippen LogP) is 0.944. The molecule has 0 N–H and O–H groups in total. The van der Waals surface area contributed by atoms with Gasteiger partial charge in [0.1, 0.15) is 0 Å². The molecule has 0 spiro atoms. The SMILES string of the molecule is CC(C)(C)N1C=CCS1(=O)=O. The van der Waals surface area contributed by atoms with Gasteiger partial charge in [-0.3, -0.25) is 4.31 Å². The third-order valence-corrected chi connectivity index (χ3v) is 3.39. The molecule has 0 radical (unpaired) electrons. The monoisotopic (exact) mass is 175 g/mol. The summed E-state index contributed by atoms with van der Waals surface area (Å²) in [4.78, 5) is 0. The Balaban J connectivity index is 2.99. The van der Waals surface area contributed by atoms with E-state index >= 15 is 0 Å². The molecule has 3 nitrogen and oxygen atoms in total. The van der Waals surface area contributed by atoms with Gasteiger partial charge in [0.05, 0.1) is 5.75 Å². The maximum absolute atomic E-state index is 11.3. The largest absolute Gasteiger partial charge is 0.272 e. The fraction of sp³-hybridized carbons (Fsp3) is 0.714. The van der Waals surface area contributed by atoms with E-state index < -0.39 is 10.0 Å². The highest BCUT2D eigenvalue weighted by Gasteiger charge is 2.31. The molecule has 0 aliphatic carbocycles. The molecule has 4 heteroatoms. The zero-order valence-corrected chi connectivity index (χ0v) is 7.85. The van der Waals surface area contributed by atoms with Crippen molar-refractivity contribution in [2.75, 3.05) is 5.75 Å². The quantitative estimate of drug-likeness (QED) is 0.549. The maximum Gasteiger partial charge on any atom is 0.238 e. The third kappa shape index (κ3) is 1.56. The van der Waals surface area contributed by atoms with Gasteiger partial charge in [-0.1, -0.05) is 6.08 Å². The number of sulfonamides is 1. The van der Waals surface area contributed by atoms with Crippen molar-refractivity contribution in [2.45, 2.75) is 26.3 Å². The van der Waals surface area contributed by atoms with Gasteiger partial charge in [-0.2, -0.15) is 0 Å². The lowest BCUT2D eigenvalue weighted by Gasteiger charge is -2.30. The molecule has 0 saturated heterocycles. The van der Waals surface area contributed by atoms with Gasteiger partial charge in [0.25, 0.3) is 0 Å².